The molecule has 1 aliphatic carbocycles. The van der Waals surface area contributed by atoms with Crippen molar-refractivity contribution in [1.29, 1.82) is 0 Å². The summed E-state index contributed by atoms with van der Waals surface area (Å²) in [6.07, 6.45) is 1.08. The Morgan fingerprint density at radius 3 is 2.44 bits per heavy atom. The van der Waals surface area contributed by atoms with Gasteiger partial charge in [-0.15, -0.1) is 0 Å². The summed E-state index contributed by atoms with van der Waals surface area (Å²) in [5, 5.41) is 8.01. The molecule has 16 heavy (non-hydrogen) atoms. The second-order valence-corrected chi connectivity index (χ2v) is 4.98. The Balaban J connectivity index is 2.29. The molecule has 5 heteroatoms. The Morgan fingerprint density at radius 1 is 1.44 bits per heavy atom. The fourth-order valence-electron chi connectivity index (χ4n) is 1.55. The largest absolute Gasteiger partial charge is 0.338 e. The molecule has 1 saturated carbocycles. The fourth-order valence-corrected chi connectivity index (χ4v) is 1.55. The quantitative estimate of drug-likeness (QED) is 0.659. The van der Waals surface area contributed by atoms with Gasteiger partial charge in [0.2, 0.25) is 5.91 Å². The molecule has 0 radical (unpaired) electrons. The molecule has 0 spiro atoms. The molecule has 0 aromatic heterocycles. The predicted molar refractivity (Wildman–Crippen MR) is 62.0 cm³/mol. The summed E-state index contributed by atoms with van der Waals surface area (Å²) >= 11 is 0. The van der Waals surface area contributed by atoms with E-state index in [-0.39, 0.29) is 17.4 Å². The molecular weight excluding hydrogens is 206 g/mol. The molecule has 3 amide bonds. The van der Waals surface area contributed by atoms with E-state index in [2.05, 4.69) is 29.8 Å². The van der Waals surface area contributed by atoms with Crippen LogP contribution in [0.15, 0.2) is 0 Å². The molecule has 0 heterocycles. The first-order valence-electron chi connectivity index (χ1n) is 5.71. The summed E-state index contributed by atoms with van der Waals surface area (Å²) in [7, 11) is 0. The smallest absolute Gasteiger partial charge is 0.321 e. The zero-order valence-electron chi connectivity index (χ0n) is 10.4. The average molecular weight is 227 g/mol. The third kappa shape index (κ3) is 3.48. The van der Waals surface area contributed by atoms with Gasteiger partial charge >= 0.3 is 6.03 Å². The van der Waals surface area contributed by atoms with Gasteiger partial charge in [-0.25, -0.2) is 4.79 Å². The van der Waals surface area contributed by atoms with Gasteiger partial charge in [0.25, 0.3) is 0 Å². The molecule has 2 atom stereocenters. The van der Waals surface area contributed by atoms with Crippen LogP contribution in [0.2, 0.25) is 0 Å². The maximum absolute atomic E-state index is 11.6. The zero-order chi connectivity index (χ0) is 12.3. The van der Waals surface area contributed by atoms with Crippen molar-refractivity contribution in [2.75, 3.05) is 6.54 Å². The number of rotatable bonds is 4. The maximum Gasteiger partial charge on any atom is 0.321 e. The highest BCUT2D eigenvalue weighted by Gasteiger charge is 2.46. The molecule has 1 aliphatic rings. The Hall–Kier alpha value is -1.10. The molecule has 0 aliphatic heterocycles. The molecule has 0 saturated heterocycles. The topological polar surface area (TPSA) is 70.2 Å². The van der Waals surface area contributed by atoms with Crippen molar-refractivity contribution >= 4 is 11.9 Å². The Bertz CT molecular complexity index is 289. The van der Waals surface area contributed by atoms with Crippen molar-refractivity contribution in [2.24, 2.45) is 5.41 Å². The van der Waals surface area contributed by atoms with Gasteiger partial charge in [0, 0.05) is 12.6 Å². The number of hydrogen-bond donors (Lipinski definition) is 3. The van der Waals surface area contributed by atoms with Crippen LogP contribution in [0.5, 0.6) is 0 Å². The summed E-state index contributed by atoms with van der Waals surface area (Å²) in [6.45, 7) is 8.39. The van der Waals surface area contributed by atoms with Gasteiger partial charge in [-0.1, -0.05) is 13.8 Å². The lowest BCUT2D eigenvalue weighted by atomic mass is 10.2. The molecule has 1 rings (SSSR count). The van der Waals surface area contributed by atoms with Crippen molar-refractivity contribution in [3.05, 3.63) is 0 Å². The van der Waals surface area contributed by atoms with E-state index in [0.29, 0.717) is 12.6 Å². The lowest BCUT2D eigenvalue weighted by molar-refractivity contribution is -0.121. The van der Waals surface area contributed by atoms with Crippen molar-refractivity contribution in [3.8, 4) is 0 Å². The Morgan fingerprint density at radius 2 is 2.00 bits per heavy atom. The first-order valence-corrected chi connectivity index (χ1v) is 5.71. The minimum absolute atomic E-state index is 0.278. The van der Waals surface area contributed by atoms with Crippen LogP contribution in [0.25, 0.3) is 0 Å². The first kappa shape index (κ1) is 13.0. The van der Waals surface area contributed by atoms with E-state index in [1.54, 1.807) is 13.8 Å². The summed E-state index contributed by atoms with van der Waals surface area (Å²) < 4.78 is 0. The number of hydrogen-bond acceptors (Lipinski definition) is 3. The Labute approximate surface area is 96.4 Å². The van der Waals surface area contributed by atoms with E-state index in [0.717, 1.165) is 6.42 Å². The van der Waals surface area contributed by atoms with Gasteiger partial charge in [0.05, 0.1) is 6.04 Å². The van der Waals surface area contributed by atoms with Gasteiger partial charge in [0.15, 0.2) is 0 Å². The van der Waals surface area contributed by atoms with E-state index in [1.165, 1.54) is 0 Å². The molecule has 0 bridgehead atoms. The minimum atomic E-state index is -0.434. The van der Waals surface area contributed by atoms with Crippen molar-refractivity contribution < 1.29 is 9.59 Å². The van der Waals surface area contributed by atoms with Crippen molar-refractivity contribution in [1.82, 2.24) is 16.0 Å². The lowest BCUT2D eigenvalue weighted by Crippen LogP contribution is -2.49. The van der Waals surface area contributed by atoms with Gasteiger partial charge in [-0.2, -0.15) is 0 Å². The molecule has 0 aromatic carbocycles. The highest BCUT2D eigenvalue weighted by Crippen LogP contribution is 2.44. The number of amides is 3. The third-order valence-electron chi connectivity index (χ3n) is 2.93. The molecule has 5 nitrogen and oxygen atoms in total. The minimum Gasteiger partial charge on any atom is -0.338 e. The number of nitrogens with one attached hydrogen (secondary N) is 3. The van der Waals surface area contributed by atoms with Crippen LogP contribution >= 0.6 is 0 Å². The number of imide groups is 1. The molecule has 2 unspecified atom stereocenters. The number of carbonyl (C=O) groups is 2. The maximum atomic E-state index is 11.6. The molecule has 3 N–H and O–H groups in total. The van der Waals surface area contributed by atoms with E-state index in [9.17, 15) is 9.59 Å². The normalized spacial score (nSPS) is 23.4. The van der Waals surface area contributed by atoms with Crippen LogP contribution in [0.3, 0.4) is 0 Å². The van der Waals surface area contributed by atoms with Crippen LogP contribution in [0.4, 0.5) is 4.79 Å². The summed E-state index contributed by atoms with van der Waals surface area (Å²) in [5.74, 6) is -0.284. The van der Waals surface area contributed by atoms with Crippen molar-refractivity contribution in [3.63, 3.8) is 0 Å². The second-order valence-electron chi connectivity index (χ2n) is 4.98. The van der Waals surface area contributed by atoms with Gasteiger partial charge < -0.3 is 10.6 Å². The molecule has 0 aromatic rings. The Kier molecular flexibility index (Phi) is 3.91. The van der Waals surface area contributed by atoms with E-state index in [1.807, 2.05) is 0 Å². The van der Waals surface area contributed by atoms with Crippen LogP contribution in [-0.2, 0) is 4.79 Å². The lowest BCUT2D eigenvalue weighted by Gasteiger charge is -2.14. The van der Waals surface area contributed by atoms with Gasteiger partial charge in [0.1, 0.15) is 0 Å². The summed E-state index contributed by atoms with van der Waals surface area (Å²) in [6, 6.07) is -0.395. The third-order valence-corrected chi connectivity index (χ3v) is 2.93. The molecule has 92 valence electrons. The van der Waals surface area contributed by atoms with Crippen LogP contribution < -0.4 is 16.0 Å². The monoisotopic (exact) mass is 227 g/mol. The van der Waals surface area contributed by atoms with Gasteiger partial charge in [-0.05, 0) is 25.7 Å². The average Bonchev–Trinajstić information content (AvgIpc) is 2.73. The standard InChI is InChI=1S/C11H21N3O2/c1-5-12-10(16)14-9(15)7(2)13-8-6-11(8,3)4/h7-8,13H,5-6H2,1-4H3,(H2,12,14,15,16). The number of urea groups is 1. The van der Waals surface area contributed by atoms with E-state index < -0.39 is 6.03 Å². The zero-order valence-corrected chi connectivity index (χ0v) is 10.4. The van der Waals surface area contributed by atoms with Crippen molar-refractivity contribution in [2.45, 2.75) is 46.2 Å². The van der Waals surface area contributed by atoms with E-state index >= 15 is 0 Å². The number of carbonyl (C=O) groups excluding carboxylic acids is 2. The van der Waals surface area contributed by atoms with Gasteiger partial charge in [-0.3, -0.25) is 10.1 Å². The second kappa shape index (κ2) is 4.82. The highest BCUT2D eigenvalue weighted by molar-refractivity contribution is 5.96. The fraction of sp³-hybridized carbons (Fsp3) is 0.818. The summed E-state index contributed by atoms with van der Waals surface area (Å²) in [4.78, 5) is 22.7. The van der Waals surface area contributed by atoms with E-state index in [4.69, 9.17) is 0 Å². The van der Waals surface area contributed by atoms with Crippen LogP contribution in [-0.4, -0.2) is 30.6 Å². The highest BCUT2D eigenvalue weighted by atomic mass is 16.2. The predicted octanol–water partition coefficient (Wildman–Crippen LogP) is 0.609. The molecular formula is C11H21N3O2. The van der Waals surface area contributed by atoms with Crippen LogP contribution in [0, 0.1) is 5.41 Å². The SMILES string of the molecule is CCNC(=O)NC(=O)C(C)NC1CC1(C)C. The van der Waals surface area contributed by atoms with Crippen LogP contribution in [0.1, 0.15) is 34.1 Å². The summed E-state index contributed by atoms with van der Waals surface area (Å²) in [5.41, 5.74) is 0.278. The first-order chi connectivity index (χ1) is 7.36. The molecule has 1 fully saturated rings.